The lowest BCUT2D eigenvalue weighted by Gasteiger charge is -2.24. The van der Waals surface area contributed by atoms with Crippen molar-refractivity contribution in [2.45, 2.75) is 19.4 Å². The van der Waals surface area contributed by atoms with Crippen LogP contribution in [0.4, 0.5) is 4.39 Å². The first-order chi connectivity index (χ1) is 4.95. The van der Waals surface area contributed by atoms with E-state index in [2.05, 4.69) is 0 Å². The molecule has 3 N–H and O–H groups in total. The Morgan fingerprint density at radius 2 is 2.27 bits per heavy atom. The highest BCUT2D eigenvalue weighted by Crippen LogP contribution is 2.16. The van der Waals surface area contributed by atoms with Gasteiger partial charge in [-0.1, -0.05) is 6.92 Å². The molecule has 4 nitrogen and oxygen atoms in total. The van der Waals surface area contributed by atoms with Crippen LogP contribution in [-0.2, 0) is 4.79 Å². The molecule has 0 saturated carbocycles. The molecule has 0 aromatic carbocycles. The Labute approximate surface area is 64.0 Å². The molecular weight excluding hydrogens is 153 g/mol. The molecule has 0 aromatic rings. The van der Waals surface area contributed by atoms with Crippen LogP contribution in [0.25, 0.3) is 0 Å². The van der Waals surface area contributed by atoms with Crippen LogP contribution in [0.3, 0.4) is 0 Å². The summed E-state index contributed by atoms with van der Waals surface area (Å²) in [6, 6.07) is 0. The van der Waals surface area contributed by atoms with E-state index in [0.717, 1.165) is 0 Å². The van der Waals surface area contributed by atoms with E-state index in [-0.39, 0.29) is 0 Å². The molecule has 1 amide bonds. The number of hydrogen-bond donors (Lipinski definition) is 3. The van der Waals surface area contributed by atoms with E-state index in [4.69, 9.17) is 10.3 Å². The zero-order valence-electron chi connectivity index (χ0n) is 6.47. The lowest BCUT2D eigenvalue weighted by atomic mass is 9.92. The van der Waals surface area contributed by atoms with Crippen LogP contribution in [0.15, 0.2) is 0 Å². The summed E-state index contributed by atoms with van der Waals surface area (Å²) in [5.74, 6) is -1.77. The van der Waals surface area contributed by atoms with E-state index in [1.807, 2.05) is 0 Å². The van der Waals surface area contributed by atoms with Crippen molar-refractivity contribution >= 4 is 5.91 Å². The number of hydroxylamine groups is 1. The monoisotopic (exact) mass is 165 g/mol. The van der Waals surface area contributed by atoms with Crippen molar-refractivity contribution in [1.29, 1.82) is 0 Å². The maximum absolute atomic E-state index is 12.0. The summed E-state index contributed by atoms with van der Waals surface area (Å²) in [7, 11) is 0. The number of nitrogens with one attached hydrogen (secondary N) is 1. The average Bonchev–Trinajstić information content (AvgIpc) is 2.01. The molecular formula is C6H12FNO3. The topological polar surface area (TPSA) is 69.6 Å². The third-order valence-corrected chi connectivity index (χ3v) is 1.71. The van der Waals surface area contributed by atoms with Gasteiger partial charge in [0.2, 0.25) is 5.91 Å². The summed E-state index contributed by atoms with van der Waals surface area (Å²) < 4.78 is 12.0. The summed E-state index contributed by atoms with van der Waals surface area (Å²) in [4.78, 5) is 10.6. The van der Waals surface area contributed by atoms with Gasteiger partial charge in [0.05, 0.1) is 5.92 Å². The van der Waals surface area contributed by atoms with E-state index in [9.17, 15) is 9.18 Å². The maximum atomic E-state index is 12.0. The maximum Gasteiger partial charge on any atom is 0.249 e. The Morgan fingerprint density at radius 1 is 1.82 bits per heavy atom. The number of amides is 1. The molecule has 0 rings (SSSR count). The molecule has 0 saturated heterocycles. The molecule has 0 aliphatic heterocycles. The van der Waals surface area contributed by atoms with Gasteiger partial charge in [0.15, 0.2) is 0 Å². The number of halogens is 1. The molecule has 0 heterocycles. The smallest absolute Gasteiger partial charge is 0.249 e. The minimum atomic E-state index is -1.72. The third kappa shape index (κ3) is 2.44. The van der Waals surface area contributed by atoms with Crippen molar-refractivity contribution in [3.8, 4) is 0 Å². The Kier molecular flexibility index (Phi) is 3.41. The Bertz CT molecular complexity index is 149. The van der Waals surface area contributed by atoms with Gasteiger partial charge in [-0.15, -0.1) is 0 Å². The van der Waals surface area contributed by atoms with Gasteiger partial charge < -0.3 is 5.11 Å². The third-order valence-electron chi connectivity index (χ3n) is 1.71. The minimum Gasteiger partial charge on any atom is -0.387 e. The van der Waals surface area contributed by atoms with Crippen LogP contribution in [0.5, 0.6) is 0 Å². The number of carbonyl (C=O) groups excluding carboxylic acids is 1. The number of alkyl halides is 1. The van der Waals surface area contributed by atoms with Crippen molar-refractivity contribution in [3.05, 3.63) is 0 Å². The van der Waals surface area contributed by atoms with Gasteiger partial charge in [-0.2, -0.15) is 0 Å². The first-order valence-electron chi connectivity index (χ1n) is 3.18. The van der Waals surface area contributed by atoms with Gasteiger partial charge in [0, 0.05) is 0 Å². The van der Waals surface area contributed by atoms with Gasteiger partial charge in [-0.3, -0.25) is 10.0 Å². The Hall–Kier alpha value is -0.680. The average molecular weight is 165 g/mol. The van der Waals surface area contributed by atoms with E-state index < -0.39 is 24.1 Å². The predicted octanol–water partition coefficient (Wildman–Crippen LogP) is -0.152. The largest absolute Gasteiger partial charge is 0.387 e. The molecule has 0 spiro atoms. The SMILES string of the molecule is CC(C(=O)NO)C(C)(O)CF. The standard InChI is InChI=1S/C6H12FNO3/c1-4(5(9)8-11)6(2,10)3-7/h4,10-11H,3H2,1-2H3,(H,8,9). The Morgan fingerprint density at radius 3 is 2.55 bits per heavy atom. The zero-order chi connectivity index (χ0) is 9.07. The summed E-state index contributed by atoms with van der Waals surface area (Å²) in [6.07, 6.45) is 0. The van der Waals surface area contributed by atoms with Crippen molar-refractivity contribution in [1.82, 2.24) is 5.48 Å². The van der Waals surface area contributed by atoms with E-state index >= 15 is 0 Å². The second-order valence-electron chi connectivity index (χ2n) is 2.69. The number of aliphatic hydroxyl groups is 1. The fourth-order valence-electron chi connectivity index (χ4n) is 0.495. The number of hydrogen-bond acceptors (Lipinski definition) is 3. The molecule has 0 aliphatic rings. The fourth-order valence-corrected chi connectivity index (χ4v) is 0.495. The summed E-state index contributed by atoms with van der Waals surface area (Å²) in [6.45, 7) is 1.49. The first-order valence-corrected chi connectivity index (χ1v) is 3.18. The fraction of sp³-hybridized carbons (Fsp3) is 0.833. The molecule has 11 heavy (non-hydrogen) atoms. The van der Waals surface area contributed by atoms with Crippen LogP contribution in [0, 0.1) is 5.92 Å². The molecule has 2 unspecified atom stereocenters. The molecule has 0 aliphatic carbocycles. The van der Waals surface area contributed by atoms with Gasteiger partial charge in [-0.25, -0.2) is 9.87 Å². The molecule has 0 bridgehead atoms. The van der Waals surface area contributed by atoms with Gasteiger partial charge in [-0.05, 0) is 6.92 Å². The number of rotatable bonds is 3. The van der Waals surface area contributed by atoms with Crippen molar-refractivity contribution < 1.29 is 19.5 Å². The van der Waals surface area contributed by atoms with Crippen LogP contribution < -0.4 is 5.48 Å². The summed E-state index contributed by atoms with van der Waals surface area (Å²) >= 11 is 0. The zero-order valence-corrected chi connectivity index (χ0v) is 6.47. The van der Waals surface area contributed by atoms with Crippen LogP contribution >= 0.6 is 0 Å². The molecule has 2 atom stereocenters. The van der Waals surface area contributed by atoms with E-state index in [0.29, 0.717) is 0 Å². The highest BCUT2D eigenvalue weighted by Gasteiger charge is 2.33. The molecule has 0 aromatic heterocycles. The molecule has 5 heteroatoms. The van der Waals surface area contributed by atoms with Gasteiger partial charge >= 0.3 is 0 Å². The predicted molar refractivity (Wildman–Crippen MR) is 35.7 cm³/mol. The summed E-state index contributed by atoms with van der Waals surface area (Å²) in [5, 5.41) is 17.3. The first kappa shape index (κ1) is 10.3. The van der Waals surface area contributed by atoms with Gasteiger partial charge in [0.25, 0.3) is 0 Å². The highest BCUT2D eigenvalue weighted by molar-refractivity contribution is 5.78. The Balaban J connectivity index is 4.22. The summed E-state index contributed by atoms with van der Waals surface area (Å²) in [5.41, 5.74) is -0.376. The van der Waals surface area contributed by atoms with Crippen molar-refractivity contribution in [2.75, 3.05) is 6.67 Å². The molecule has 0 radical (unpaired) electrons. The lowest BCUT2D eigenvalue weighted by Crippen LogP contribution is -2.44. The second-order valence-corrected chi connectivity index (χ2v) is 2.69. The van der Waals surface area contributed by atoms with Crippen molar-refractivity contribution in [3.63, 3.8) is 0 Å². The number of carbonyl (C=O) groups is 1. The lowest BCUT2D eigenvalue weighted by molar-refractivity contribution is -0.142. The highest BCUT2D eigenvalue weighted by atomic mass is 19.1. The van der Waals surface area contributed by atoms with Crippen LogP contribution in [-0.4, -0.2) is 28.5 Å². The normalized spacial score (nSPS) is 18.6. The van der Waals surface area contributed by atoms with E-state index in [1.165, 1.54) is 19.3 Å². The second kappa shape index (κ2) is 3.64. The van der Waals surface area contributed by atoms with E-state index in [1.54, 1.807) is 0 Å². The van der Waals surface area contributed by atoms with Crippen molar-refractivity contribution in [2.24, 2.45) is 5.92 Å². The molecule has 0 fully saturated rings. The van der Waals surface area contributed by atoms with Crippen LogP contribution in [0.2, 0.25) is 0 Å². The van der Waals surface area contributed by atoms with Gasteiger partial charge in [0.1, 0.15) is 12.3 Å². The minimum absolute atomic E-state index is 0.798. The van der Waals surface area contributed by atoms with Crippen LogP contribution in [0.1, 0.15) is 13.8 Å². The molecule has 66 valence electrons. The quantitative estimate of drug-likeness (QED) is 0.402.